The third-order valence-electron chi connectivity index (χ3n) is 2.68. The van der Waals surface area contributed by atoms with Crippen LogP contribution in [0, 0.1) is 11.8 Å². The molecule has 0 amide bonds. The molecule has 8 heteroatoms. The molecular weight excluding hydrogens is 254 g/mol. The van der Waals surface area contributed by atoms with E-state index in [1.165, 1.54) is 0 Å². The molecule has 0 aromatic carbocycles. The van der Waals surface area contributed by atoms with Crippen molar-refractivity contribution in [3.63, 3.8) is 0 Å². The Balaban J connectivity index is 3.15. The minimum absolute atomic E-state index is 0.756. The van der Waals surface area contributed by atoms with Crippen LogP contribution < -0.4 is 0 Å². The van der Waals surface area contributed by atoms with Crippen LogP contribution in [0.25, 0.3) is 0 Å². The Morgan fingerprint density at radius 3 is 1.29 bits per heavy atom. The number of methoxy groups -OCH3 is 2. The van der Waals surface area contributed by atoms with Gasteiger partial charge in [0, 0.05) is 14.2 Å². The molecule has 1 fully saturated rings. The van der Waals surface area contributed by atoms with E-state index in [0.717, 1.165) is 14.2 Å². The lowest BCUT2D eigenvalue weighted by Crippen LogP contribution is -2.51. The summed E-state index contributed by atoms with van der Waals surface area (Å²) in [5, 5.41) is 0. The minimum atomic E-state index is -4.89. The molecule has 0 unspecified atom stereocenters. The van der Waals surface area contributed by atoms with E-state index in [2.05, 4.69) is 9.47 Å². The number of ether oxygens (including phenoxy) is 2. The fourth-order valence-electron chi connectivity index (χ4n) is 1.99. The standard InChI is InChI=1S/C9H10F6O2/c1-16-7(17-2)5(8(10,11)12)3-4-6(7)9(13,14)15/h3-4H2,1-2H3. The summed E-state index contributed by atoms with van der Waals surface area (Å²) in [7, 11) is 1.51. The van der Waals surface area contributed by atoms with E-state index < -0.39 is 42.8 Å². The van der Waals surface area contributed by atoms with Crippen LogP contribution in [0.5, 0.6) is 0 Å². The molecule has 1 saturated carbocycles. The number of hydrogen-bond acceptors (Lipinski definition) is 2. The lowest BCUT2D eigenvalue weighted by atomic mass is 9.94. The van der Waals surface area contributed by atoms with Crippen molar-refractivity contribution in [3.8, 4) is 0 Å². The number of hydrogen-bond donors (Lipinski definition) is 0. The SMILES string of the molecule is COC1(OC)[C](C(F)(F)F)CC[C]1C(F)(F)F. The van der Waals surface area contributed by atoms with Gasteiger partial charge in [0.15, 0.2) is 5.79 Å². The van der Waals surface area contributed by atoms with E-state index in [1.807, 2.05) is 0 Å². The Kier molecular flexibility index (Phi) is 3.69. The van der Waals surface area contributed by atoms with Gasteiger partial charge in [-0.25, -0.2) is 0 Å². The van der Waals surface area contributed by atoms with Gasteiger partial charge in [-0.2, -0.15) is 26.3 Å². The normalized spacial score (nSPS) is 23.3. The monoisotopic (exact) mass is 264 g/mol. The third-order valence-corrected chi connectivity index (χ3v) is 2.68. The van der Waals surface area contributed by atoms with Crippen LogP contribution in [-0.2, 0) is 9.47 Å². The maximum Gasteiger partial charge on any atom is 0.400 e. The zero-order valence-corrected chi connectivity index (χ0v) is 9.00. The van der Waals surface area contributed by atoms with E-state index >= 15 is 0 Å². The number of halogens is 6. The molecule has 0 aromatic heterocycles. The van der Waals surface area contributed by atoms with Gasteiger partial charge in [-0.15, -0.1) is 0 Å². The van der Waals surface area contributed by atoms with Gasteiger partial charge < -0.3 is 9.47 Å². The molecule has 0 saturated heterocycles. The van der Waals surface area contributed by atoms with E-state index in [0.29, 0.717) is 0 Å². The number of alkyl halides is 6. The van der Waals surface area contributed by atoms with Gasteiger partial charge in [0.05, 0.1) is 0 Å². The molecule has 2 radical (unpaired) electrons. The molecule has 1 aliphatic rings. The highest BCUT2D eigenvalue weighted by Gasteiger charge is 2.69. The van der Waals surface area contributed by atoms with Gasteiger partial charge in [-0.3, -0.25) is 0 Å². The molecule has 0 aromatic rings. The molecule has 2 nitrogen and oxygen atoms in total. The van der Waals surface area contributed by atoms with Crippen molar-refractivity contribution in [2.75, 3.05) is 14.2 Å². The Hall–Kier alpha value is -0.500. The van der Waals surface area contributed by atoms with Crippen molar-refractivity contribution in [1.29, 1.82) is 0 Å². The molecule has 0 heterocycles. The van der Waals surface area contributed by atoms with Crippen molar-refractivity contribution >= 4 is 0 Å². The van der Waals surface area contributed by atoms with Gasteiger partial charge in [0.2, 0.25) is 0 Å². The Morgan fingerprint density at radius 1 is 0.824 bits per heavy atom. The van der Waals surface area contributed by atoms with E-state index in [9.17, 15) is 26.3 Å². The fraction of sp³-hybridized carbons (Fsp3) is 0.778. The van der Waals surface area contributed by atoms with Crippen LogP contribution in [0.4, 0.5) is 26.3 Å². The summed E-state index contributed by atoms with van der Waals surface area (Å²) >= 11 is 0. The summed E-state index contributed by atoms with van der Waals surface area (Å²) in [4.78, 5) is 0. The summed E-state index contributed by atoms with van der Waals surface area (Å²) in [6.45, 7) is 0. The van der Waals surface area contributed by atoms with Gasteiger partial charge in [0.25, 0.3) is 0 Å². The minimum Gasteiger partial charge on any atom is -0.351 e. The van der Waals surface area contributed by atoms with E-state index in [4.69, 9.17) is 0 Å². The van der Waals surface area contributed by atoms with Gasteiger partial charge in [-0.05, 0) is 12.8 Å². The number of rotatable bonds is 2. The molecule has 0 aliphatic heterocycles. The van der Waals surface area contributed by atoms with Crippen LogP contribution in [0.2, 0.25) is 0 Å². The van der Waals surface area contributed by atoms with E-state index in [1.54, 1.807) is 0 Å². The van der Waals surface area contributed by atoms with Crippen LogP contribution in [0.15, 0.2) is 0 Å². The highest BCUT2D eigenvalue weighted by molar-refractivity contribution is 5.31. The van der Waals surface area contributed by atoms with Crippen LogP contribution >= 0.6 is 0 Å². The maximum absolute atomic E-state index is 12.6. The summed E-state index contributed by atoms with van der Waals surface area (Å²) in [5.41, 5.74) is 0. The van der Waals surface area contributed by atoms with Crippen molar-refractivity contribution in [3.05, 3.63) is 11.8 Å². The fourth-order valence-corrected chi connectivity index (χ4v) is 1.99. The van der Waals surface area contributed by atoms with Gasteiger partial charge in [-0.1, -0.05) is 0 Å². The zero-order chi connectivity index (χ0) is 13.5. The molecular formula is C9H10F6O2. The largest absolute Gasteiger partial charge is 0.400 e. The van der Waals surface area contributed by atoms with Crippen molar-refractivity contribution in [2.24, 2.45) is 0 Å². The molecule has 1 aliphatic carbocycles. The average Bonchev–Trinajstić information content (AvgIpc) is 2.55. The second-order valence-corrected chi connectivity index (χ2v) is 3.48. The van der Waals surface area contributed by atoms with E-state index in [-0.39, 0.29) is 0 Å². The second kappa shape index (κ2) is 4.31. The Bertz CT molecular complexity index is 244. The maximum atomic E-state index is 12.6. The highest BCUT2D eigenvalue weighted by Crippen LogP contribution is 2.58. The first kappa shape index (κ1) is 14.6. The second-order valence-electron chi connectivity index (χ2n) is 3.48. The lowest BCUT2D eigenvalue weighted by molar-refractivity contribution is -0.256. The van der Waals surface area contributed by atoms with Crippen LogP contribution in [-0.4, -0.2) is 32.4 Å². The zero-order valence-electron chi connectivity index (χ0n) is 9.00. The molecule has 1 rings (SSSR count). The van der Waals surface area contributed by atoms with Crippen LogP contribution in [0.3, 0.4) is 0 Å². The summed E-state index contributed by atoms with van der Waals surface area (Å²) in [5.74, 6) is -5.55. The first-order valence-electron chi connectivity index (χ1n) is 4.57. The molecule has 0 bridgehead atoms. The molecule has 17 heavy (non-hydrogen) atoms. The predicted octanol–water partition coefficient (Wildman–Crippen LogP) is 3.04. The lowest BCUT2D eigenvalue weighted by Gasteiger charge is -2.37. The quantitative estimate of drug-likeness (QED) is 0.563. The molecule has 100 valence electrons. The van der Waals surface area contributed by atoms with Crippen molar-refractivity contribution in [2.45, 2.75) is 31.0 Å². The first-order valence-corrected chi connectivity index (χ1v) is 4.57. The molecule has 0 N–H and O–H groups in total. The smallest absolute Gasteiger partial charge is 0.351 e. The van der Waals surface area contributed by atoms with Crippen LogP contribution in [0.1, 0.15) is 12.8 Å². The summed E-state index contributed by atoms with van der Waals surface area (Å²) in [6, 6.07) is 0. The Labute approximate surface area is 93.9 Å². The summed E-state index contributed by atoms with van der Waals surface area (Å²) in [6.07, 6.45) is -11.3. The van der Waals surface area contributed by atoms with Gasteiger partial charge >= 0.3 is 12.4 Å². The van der Waals surface area contributed by atoms with Crippen molar-refractivity contribution < 1.29 is 35.8 Å². The average molecular weight is 264 g/mol. The Morgan fingerprint density at radius 2 is 1.12 bits per heavy atom. The first-order chi connectivity index (χ1) is 7.59. The summed E-state index contributed by atoms with van der Waals surface area (Å²) < 4.78 is 84.5. The molecule has 0 spiro atoms. The van der Waals surface area contributed by atoms with Crippen molar-refractivity contribution in [1.82, 2.24) is 0 Å². The topological polar surface area (TPSA) is 18.5 Å². The third kappa shape index (κ3) is 2.37. The predicted molar refractivity (Wildman–Crippen MR) is 44.6 cm³/mol. The van der Waals surface area contributed by atoms with Gasteiger partial charge in [0.1, 0.15) is 11.8 Å². The highest BCUT2D eigenvalue weighted by atomic mass is 19.4. The molecule has 0 atom stereocenters.